The molecular formula is C19H20ClNOS. The summed E-state index contributed by atoms with van der Waals surface area (Å²) in [4.78, 5) is 1.30. The van der Waals surface area contributed by atoms with Gasteiger partial charge in [0.2, 0.25) is 0 Å². The zero-order valence-electron chi connectivity index (χ0n) is 13.1. The second-order valence-electron chi connectivity index (χ2n) is 6.22. The largest absolute Gasteiger partial charge is 0.378 e. The highest BCUT2D eigenvalue weighted by molar-refractivity contribution is 7.98. The van der Waals surface area contributed by atoms with Gasteiger partial charge in [0.05, 0.1) is 12.1 Å². The van der Waals surface area contributed by atoms with E-state index in [1.165, 1.54) is 22.4 Å². The fourth-order valence-electron chi connectivity index (χ4n) is 3.78. The van der Waals surface area contributed by atoms with E-state index in [1.807, 2.05) is 6.07 Å². The summed E-state index contributed by atoms with van der Waals surface area (Å²) in [7, 11) is 0. The number of halogens is 1. The molecule has 0 unspecified atom stereocenters. The van der Waals surface area contributed by atoms with E-state index in [0.717, 1.165) is 23.7 Å². The monoisotopic (exact) mass is 345 g/mol. The van der Waals surface area contributed by atoms with Gasteiger partial charge >= 0.3 is 0 Å². The van der Waals surface area contributed by atoms with Gasteiger partial charge in [0, 0.05) is 33.7 Å². The first-order chi connectivity index (χ1) is 11.3. The van der Waals surface area contributed by atoms with Crippen LogP contribution in [-0.4, -0.2) is 12.9 Å². The van der Waals surface area contributed by atoms with Crippen molar-refractivity contribution >= 4 is 29.1 Å². The SMILES string of the molecule is CSc1ccc([C@@H]2Nc3ccc(Cl)cc3[C@H]3OCCC[C@H]32)cc1. The quantitative estimate of drug-likeness (QED) is 0.706. The van der Waals surface area contributed by atoms with Gasteiger partial charge in [-0.15, -0.1) is 11.8 Å². The lowest BCUT2D eigenvalue weighted by atomic mass is 9.77. The van der Waals surface area contributed by atoms with Crippen LogP contribution in [0.25, 0.3) is 0 Å². The van der Waals surface area contributed by atoms with Crippen LogP contribution >= 0.6 is 23.4 Å². The molecule has 1 N–H and O–H groups in total. The van der Waals surface area contributed by atoms with Crippen molar-refractivity contribution in [1.82, 2.24) is 0 Å². The van der Waals surface area contributed by atoms with Gasteiger partial charge in [-0.25, -0.2) is 0 Å². The Balaban J connectivity index is 1.73. The Labute approximate surface area is 146 Å². The molecule has 2 nitrogen and oxygen atoms in total. The first-order valence-corrected chi connectivity index (χ1v) is 9.68. The maximum atomic E-state index is 6.21. The average molecular weight is 346 g/mol. The predicted octanol–water partition coefficient (Wildman–Crippen LogP) is 5.70. The van der Waals surface area contributed by atoms with Crippen molar-refractivity contribution in [3.05, 3.63) is 58.6 Å². The number of thioether (sulfide) groups is 1. The molecule has 1 saturated heterocycles. The minimum atomic E-state index is 0.143. The van der Waals surface area contributed by atoms with Crippen molar-refractivity contribution in [3.63, 3.8) is 0 Å². The predicted molar refractivity (Wildman–Crippen MR) is 97.5 cm³/mol. The number of anilines is 1. The molecular weight excluding hydrogens is 326 g/mol. The summed E-state index contributed by atoms with van der Waals surface area (Å²) in [5, 5.41) is 4.51. The maximum Gasteiger partial charge on any atom is 0.0896 e. The molecule has 4 heteroatoms. The van der Waals surface area contributed by atoms with Gasteiger partial charge in [-0.05, 0) is 55.0 Å². The minimum Gasteiger partial charge on any atom is -0.378 e. The van der Waals surface area contributed by atoms with Crippen LogP contribution in [0.3, 0.4) is 0 Å². The lowest BCUT2D eigenvalue weighted by molar-refractivity contribution is -0.0381. The summed E-state index contributed by atoms with van der Waals surface area (Å²) in [5.74, 6) is 0.454. The highest BCUT2D eigenvalue weighted by Gasteiger charge is 2.39. The van der Waals surface area contributed by atoms with Gasteiger partial charge in [0.1, 0.15) is 0 Å². The van der Waals surface area contributed by atoms with E-state index < -0.39 is 0 Å². The van der Waals surface area contributed by atoms with Crippen LogP contribution in [0.4, 0.5) is 5.69 Å². The van der Waals surface area contributed by atoms with Gasteiger partial charge in [0.25, 0.3) is 0 Å². The van der Waals surface area contributed by atoms with Crippen molar-refractivity contribution < 1.29 is 4.74 Å². The molecule has 2 heterocycles. The number of nitrogens with one attached hydrogen (secondary N) is 1. The van der Waals surface area contributed by atoms with E-state index in [1.54, 1.807) is 11.8 Å². The Morgan fingerprint density at radius 3 is 2.78 bits per heavy atom. The van der Waals surface area contributed by atoms with E-state index in [9.17, 15) is 0 Å². The summed E-state index contributed by atoms with van der Waals surface area (Å²) < 4.78 is 6.16. The van der Waals surface area contributed by atoms with Gasteiger partial charge < -0.3 is 10.1 Å². The van der Waals surface area contributed by atoms with Gasteiger partial charge in [-0.1, -0.05) is 23.7 Å². The highest BCUT2D eigenvalue weighted by atomic mass is 35.5. The molecule has 4 rings (SSSR count). The van der Waals surface area contributed by atoms with Crippen molar-refractivity contribution in [1.29, 1.82) is 0 Å². The third kappa shape index (κ3) is 2.86. The number of fused-ring (bicyclic) bond motifs is 3. The van der Waals surface area contributed by atoms with Gasteiger partial charge in [0.15, 0.2) is 0 Å². The molecule has 3 atom stereocenters. The Hall–Kier alpha value is -1.16. The molecule has 2 aliphatic heterocycles. The van der Waals surface area contributed by atoms with E-state index >= 15 is 0 Å². The molecule has 2 aliphatic rings. The van der Waals surface area contributed by atoms with Crippen LogP contribution in [0.2, 0.25) is 5.02 Å². The molecule has 0 radical (unpaired) electrons. The van der Waals surface area contributed by atoms with Gasteiger partial charge in [-0.3, -0.25) is 0 Å². The molecule has 2 aromatic carbocycles. The lowest BCUT2D eigenvalue weighted by Crippen LogP contribution is -2.35. The Bertz CT molecular complexity index is 703. The number of ether oxygens (including phenoxy) is 1. The molecule has 2 aromatic rings. The Morgan fingerprint density at radius 2 is 2.00 bits per heavy atom. The zero-order chi connectivity index (χ0) is 15.8. The van der Waals surface area contributed by atoms with Crippen LogP contribution < -0.4 is 5.32 Å². The highest BCUT2D eigenvalue weighted by Crippen LogP contribution is 2.49. The van der Waals surface area contributed by atoms with E-state index in [2.05, 4.69) is 48.0 Å². The van der Waals surface area contributed by atoms with Crippen LogP contribution in [0, 0.1) is 5.92 Å². The third-order valence-electron chi connectivity index (χ3n) is 4.90. The number of hydrogen-bond donors (Lipinski definition) is 1. The molecule has 0 aromatic heterocycles. The summed E-state index contributed by atoms with van der Waals surface area (Å²) in [6, 6.07) is 15.3. The average Bonchev–Trinajstić information content (AvgIpc) is 2.61. The smallest absolute Gasteiger partial charge is 0.0896 e. The molecule has 120 valence electrons. The van der Waals surface area contributed by atoms with Crippen molar-refractivity contribution in [2.45, 2.75) is 29.9 Å². The Kier molecular flexibility index (Phi) is 4.27. The summed E-state index contributed by atoms with van der Waals surface area (Å²) in [5.41, 5.74) is 3.69. The number of rotatable bonds is 2. The first kappa shape index (κ1) is 15.4. The van der Waals surface area contributed by atoms with Crippen molar-refractivity contribution in [3.8, 4) is 0 Å². The minimum absolute atomic E-state index is 0.143. The number of hydrogen-bond acceptors (Lipinski definition) is 3. The molecule has 23 heavy (non-hydrogen) atoms. The topological polar surface area (TPSA) is 21.3 Å². The normalized spacial score (nSPS) is 26.1. The second kappa shape index (κ2) is 6.39. The summed E-state index contributed by atoms with van der Waals surface area (Å²) >= 11 is 7.99. The molecule has 0 aliphatic carbocycles. The standard InChI is InChI=1S/C19H20ClNOS/c1-23-14-7-4-12(5-8-14)18-15-3-2-10-22-19(15)16-11-13(20)6-9-17(16)21-18/h4-9,11,15,18-19,21H,2-3,10H2,1H3/t15-,18-,19-/m0/s1. The second-order valence-corrected chi connectivity index (χ2v) is 7.54. The van der Waals surface area contributed by atoms with Crippen LogP contribution in [-0.2, 0) is 4.74 Å². The molecule has 0 amide bonds. The van der Waals surface area contributed by atoms with Crippen molar-refractivity contribution in [2.75, 3.05) is 18.2 Å². The van der Waals surface area contributed by atoms with E-state index in [-0.39, 0.29) is 6.10 Å². The van der Waals surface area contributed by atoms with Crippen LogP contribution in [0.15, 0.2) is 47.4 Å². The van der Waals surface area contributed by atoms with E-state index in [0.29, 0.717) is 12.0 Å². The van der Waals surface area contributed by atoms with Crippen molar-refractivity contribution in [2.24, 2.45) is 5.92 Å². The molecule has 0 spiro atoms. The van der Waals surface area contributed by atoms with Crippen LogP contribution in [0.5, 0.6) is 0 Å². The summed E-state index contributed by atoms with van der Waals surface area (Å²) in [6.07, 6.45) is 4.55. The third-order valence-corrected chi connectivity index (χ3v) is 5.88. The molecule has 1 fully saturated rings. The first-order valence-electron chi connectivity index (χ1n) is 8.08. The van der Waals surface area contributed by atoms with Crippen LogP contribution in [0.1, 0.15) is 36.1 Å². The molecule has 0 saturated carbocycles. The summed E-state index contributed by atoms with van der Waals surface area (Å²) in [6.45, 7) is 0.839. The lowest BCUT2D eigenvalue weighted by Gasteiger charge is -2.43. The zero-order valence-corrected chi connectivity index (χ0v) is 14.7. The van der Waals surface area contributed by atoms with E-state index in [4.69, 9.17) is 16.3 Å². The maximum absolute atomic E-state index is 6.21. The fourth-order valence-corrected chi connectivity index (χ4v) is 4.37. The molecule has 0 bridgehead atoms. The Morgan fingerprint density at radius 1 is 1.17 bits per heavy atom. The van der Waals surface area contributed by atoms with Gasteiger partial charge in [-0.2, -0.15) is 0 Å². The number of benzene rings is 2. The fraction of sp³-hybridized carbons (Fsp3) is 0.368.